The Hall–Kier alpha value is -1.41. The SMILES string of the molecule is O=S(=O)(c1ccc(Cl)s1)N1CCCC(c2cc3cc(F)ccc3[nH]2)C1. The van der Waals surface area contributed by atoms with Crippen LogP contribution in [0.4, 0.5) is 4.39 Å². The van der Waals surface area contributed by atoms with Gasteiger partial charge in [0.15, 0.2) is 0 Å². The Bertz CT molecular complexity index is 1030. The lowest BCUT2D eigenvalue weighted by molar-refractivity contribution is 0.314. The quantitative estimate of drug-likeness (QED) is 0.701. The van der Waals surface area contributed by atoms with Gasteiger partial charge in [0.05, 0.1) is 4.34 Å². The highest BCUT2D eigenvalue weighted by atomic mass is 35.5. The molecule has 0 saturated carbocycles. The van der Waals surface area contributed by atoms with Gasteiger partial charge in [-0.25, -0.2) is 12.8 Å². The average Bonchev–Trinajstić information content (AvgIpc) is 3.21. The molecule has 1 aromatic carbocycles. The van der Waals surface area contributed by atoms with Crippen LogP contribution in [0.25, 0.3) is 10.9 Å². The fourth-order valence-electron chi connectivity index (χ4n) is 3.32. The summed E-state index contributed by atoms with van der Waals surface area (Å²) in [5, 5.41) is 0.806. The van der Waals surface area contributed by atoms with E-state index in [1.807, 2.05) is 6.07 Å². The van der Waals surface area contributed by atoms with E-state index in [0.29, 0.717) is 17.4 Å². The number of piperidine rings is 1. The highest BCUT2D eigenvalue weighted by Gasteiger charge is 2.32. The third kappa shape index (κ3) is 3.21. The van der Waals surface area contributed by atoms with Crippen LogP contribution in [0, 0.1) is 5.82 Å². The van der Waals surface area contributed by atoms with Crippen molar-refractivity contribution in [1.29, 1.82) is 0 Å². The number of nitrogens with one attached hydrogen (secondary N) is 1. The van der Waals surface area contributed by atoms with Crippen LogP contribution >= 0.6 is 22.9 Å². The predicted molar refractivity (Wildman–Crippen MR) is 98.3 cm³/mol. The molecule has 0 bridgehead atoms. The summed E-state index contributed by atoms with van der Waals surface area (Å²) in [7, 11) is -3.53. The molecule has 4 rings (SSSR count). The summed E-state index contributed by atoms with van der Waals surface area (Å²) >= 11 is 6.96. The Labute approximate surface area is 154 Å². The molecule has 1 N–H and O–H groups in total. The topological polar surface area (TPSA) is 53.2 Å². The number of aromatic nitrogens is 1. The van der Waals surface area contributed by atoms with Crippen molar-refractivity contribution in [2.45, 2.75) is 23.0 Å². The van der Waals surface area contributed by atoms with Crippen LogP contribution in [-0.4, -0.2) is 30.8 Å². The summed E-state index contributed by atoms with van der Waals surface area (Å²) in [6.45, 7) is 0.913. The normalized spacial score (nSPS) is 19.5. The summed E-state index contributed by atoms with van der Waals surface area (Å²) in [6.07, 6.45) is 1.68. The Morgan fingerprint density at radius 3 is 2.84 bits per heavy atom. The second-order valence-electron chi connectivity index (χ2n) is 6.22. The van der Waals surface area contributed by atoms with Gasteiger partial charge in [-0.15, -0.1) is 11.3 Å². The maximum absolute atomic E-state index is 13.4. The molecule has 1 fully saturated rings. The van der Waals surface area contributed by atoms with Crippen molar-refractivity contribution >= 4 is 43.9 Å². The number of halogens is 2. The van der Waals surface area contributed by atoms with Gasteiger partial charge >= 0.3 is 0 Å². The van der Waals surface area contributed by atoms with Gasteiger partial charge < -0.3 is 4.98 Å². The second-order valence-corrected chi connectivity index (χ2v) is 10.1. The average molecular weight is 399 g/mol. The van der Waals surface area contributed by atoms with Crippen LogP contribution in [0.1, 0.15) is 24.5 Å². The van der Waals surface area contributed by atoms with Crippen molar-refractivity contribution < 1.29 is 12.8 Å². The molecule has 4 nitrogen and oxygen atoms in total. The van der Waals surface area contributed by atoms with Crippen LogP contribution in [0.15, 0.2) is 40.6 Å². The molecule has 1 atom stereocenters. The molecule has 0 aliphatic carbocycles. The number of hydrogen-bond acceptors (Lipinski definition) is 3. The minimum absolute atomic E-state index is 0.0643. The monoisotopic (exact) mass is 398 g/mol. The lowest BCUT2D eigenvalue weighted by Gasteiger charge is -2.31. The fourth-order valence-corrected chi connectivity index (χ4v) is 6.48. The van der Waals surface area contributed by atoms with Crippen molar-refractivity contribution in [2.75, 3.05) is 13.1 Å². The minimum Gasteiger partial charge on any atom is -0.358 e. The lowest BCUT2D eigenvalue weighted by Crippen LogP contribution is -2.38. The molecule has 1 aliphatic rings. The number of H-pyrrole nitrogens is 1. The predicted octanol–water partition coefficient (Wildman–Crippen LogP) is 4.59. The first kappa shape index (κ1) is 17.0. The van der Waals surface area contributed by atoms with Crippen molar-refractivity contribution in [2.24, 2.45) is 0 Å². The third-order valence-corrected chi connectivity index (χ3v) is 8.13. The standard InChI is InChI=1S/C17H16ClFN2O2S2/c18-16-5-6-17(24-16)25(22,23)21-7-1-2-11(10-21)15-9-12-8-13(19)3-4-14(12)20-15/h3-6,8-9,11,20H,1-2,7,10H2. The summed E-state index contributed by atoms with van der Waals surface area (Å²) in [5.41, 5.74) is 1.81. The molecule has 1 unspecified atom stereocenters. The van der Waals surface area contributed by atoms with Gasteiger partial charge in [0.25, 0.3) is 10.0 Å². The fraction of sp³-hybridized carbons (Fsp3) is 0.294. The van der Waals surface area contributed by atoms with E-state index in [1.54, 1.807) is 18.2 Å². The summed E-state index contributed by atoms with van der Waals surface area (Å²) < 4.78 is 41.3. The van der Waals surface area contributed by atoms with E-state index in [-0.39, 0.29) is 15.9 Å². The Balaban J connectivity index is 1.61. The van der Waals surface area contributed by atoms with Gasteiger partial charge in [-0.2, -0.15) is 4.31 Å². The van der Waals surface area contributed by atoms with E-state index in [0.717, 1.165) is 40.8 Å². The number of hydrogen-bond donors (Lipinski definition) is 1. The molecule has 25 heavy (non-hydrogen) atoms. The highest BCUT2D eigenvalue weighted by Crippen LogP contribution is 2.34. The number of nitrogens with zero attached hydrogens (tertiary/aromatic N) is 1. The van der Waals surface area contributed by atoms with Crippen molar-refractivity contribution in [3.63, 3.8) is 0 Å². The minimum atomic E-state index is -3.53. The molecule has 3 aromatic rings. The van der Waals surface area contributed by atoms with Gasteiger partial charge in [0.2, 0.25) is 0 Å². The molecule has 1 aliphatic heterocycles. The van der Waals surface area contributed by atoms with Crippen molar-refractivity contribution in [1.82, 2.24) is 9.29 Å². The summed E-state index contributed by atoms with van der Waals surface area (Å²) in [4.78, 5) is 3.30. The molecule has 3 heterocycles. The second kappa shape index (κ2) is 6.39. The molecule has 1 saturated heterocycles. The molecular formula is C17H16ClFN2O2S2. The summed E-state index contributed by atoms with van der Waals surface area (Å²) in [6, 6.07) is 9.69. The van der Waals surface area contributed by atoms with E-state index < -0.39 is 10.0 Å². The molecule has 0 amide bonds. The molecular weight excluding hydrogens is 383 g/mol. The molecule has 2 aromatic heterocycles. The number of benzene rings is 1. The largest absolute Gasteiger partial charge is 0.358 e. The maximum atomic E-state index is 13.4. The van der Waals surface area contributed by atoms with Gasteiger partial charge in [0.1, 0.15) is 10.0 Å². The number of aromatic amines is 1. The first-order chi connectivity index (χ1) is 11.9. The maximum Gasteiger partial charge on any atom is 0.252 e. The van der Waals surface area contributed by atoms with Gasteiger partial charge in [0, 0.05) is 35.6 Å². The van der Waals surface area contributed by atoms with Gasteiger partial charge in [-0.3, -0.25) is 0 Å². The van der Waals surface area contributed by atoms with E-state index in [9.17, 15) is 12.8 Å². The molecule has 0 spiro atoms. The van der Waals surface area contributed by atoms with Crippen LogP contribution < -0.4 is 0 Å². The lowest BCUT2D eigenvalue weighted by atomic mass is 9.96. The molecule has 132 valence electrons. The zero-order valence-electron chi connectivity index (χ0n) is 13.2. The molecule has 8 heteroatoms. The number of sulfonamides is 1. The first-order valence-electron chi connectivity index (χ1n) is 7.97. The van der Waals surface area contributed by atoms with Crippen LogP contribution in [0.2, 0.25) is 4.34 Å². The van der Waals surface area contributed by atoms with Crippen molar-refractivity contribution in [3.05, 3.63) is 52.2 Å². The Morgan fingerprint density at radius 1 is 1.24 bits per heavy atom. The van der Waals surface area contributed by atoms with E-state index in [2.05, 4.69) is 4.98 Å². The number of rotatable bonds is 3. The highest BCUT2D eigenvalue weighted by molar-refractivity contribution is 7.91. The van der Waals surface area contributed by atoms with Crippen molar-refractivity contribution in [3.8, 4) is 0 Å². The zero-order valence-corrected chi connectivity index (χ0v) is 15.6. The Morgan fingerprint density at radius 2 is 2.08 bits per heavy atom. The van der Waals surface area contributed by atoms with E-state index in [4.69, 9.17) is 11.6 Å². The van der Waals surface area contributed by atoms with E-state index >= 15 is 0 Å². The molecule has 0 radical (unpaired) electrons. The van der Waals surface area contributed by atoms with Gasteiger partial charge in [-0.1, -0.05) is 11.6 Å². The zero-order chi connectivity index (χ0) is 17.6. The van der Waals surface area contributed by atoms with E-state index in [1.165, 1.54) is 16.4 Å². The number of thiophene rings is 1. The smallest absolute Gasteiger partial charge is 0.252 e. The van der Waals surface area contributed by atoms with Crippen LogP contribution in [0.3, 0.4) is 0 Å². The first-order valence-corrected chi connectivity index (χ1v) is 10.6. The van der Waals surface area contributed by atoms with Gasteiger partial charge in [-0.05, 0) is 49.2 Å². The Kier molecular flexibility index (Phi) is 4.35. The summed E-state index contributed by atoms with van der Waals surface area (Å²) in [5.74, 6) is -0.213. The van der Waals surface area contributed by atoms with Crippen LogP contribution in [0.5, 0.6) is 0 Å². The number of fused-ring (bicyclic) bond motifs is 1. The third-order valence-electron chi connectivity index (χ3n) is 4.57. The van der Waals surface area contributed by atoms with Crippen LogP contribution in [-0.2, 0) is 10.0 Å².